The summed E-state index contributed by atoms with van der Waals surface area (Å²) in [6.07, 6.45) is 4.69. The van der Waals surface area contributed by atoms with Gasteiger partial charge in [0.25, 0.3) is 5.91 Å². The van der Waals surface area contributed by atoms with Crippen LogP contribution >= 0.6 is 11.3 Å². The van der Waals surface area contributed by atoms with Gasteiger partial charge in [-0.05, 0) is 62.3 Å². The van der Waals surface area contributed by atoms with Crippen molar-refractivity contribution in [2.45, 2.75) is 52.1 Å². The number of amides is 1. The predicted molar refractivity (Wildman–Crippen MR) is 117 cm³/mol. The number of fused-ring (bicyclic) bond motifs is 1. The third-order valence-electron chi connectivity index (χ3n) is 5.22. The fourth-order valence-corrected chi connectivity index (χ4v) is 4.29. The Morgan fingerprint density at radius 3 is 2.62 bits per heavy atom. The van der Waals surface area contributed by atoms with E-state index in [1.165, 1.54) is 40.9 Å². The molecule has 1 aromatic heterocycles. The van der Waals surface area contributed by atoms with Crippen molar-refractivity contribution in [3.63, 3.8) is 0 Å². The van der Waals surface area contributed by atoms with Crippen molar-refractivity contribution in [1.29, 1.82) is 0 Å². The molecular formula is C23H25N3O2S. The van der Waals surface area contributed by atoms with Crippen molar-refractivity contribution >= 4 is 22.4 Å². The van der Waals surface area contributed by atoms with Crippen molar-refractivity contribution in [1.82, 2.24) is 10.2 Å². The summed E-state index contributed by atoms with van der Waals surface area (Å²) in [4.78, 5) is 12.7. The van der Waals surface area contributed by atoms with Gasteiger partial charge < -0.3 is 4.74 Å². The van der Waals surface area contributed by atoms with Crippen LogP contribution in [0, 0.1) is 6.92 Å². The molecule has 0 spiro atoms. The highest BCUT2D eigenvalue weighted by Crippen LogP contribution is 2.28. The lowest BCUT2D eigenvalue weighted by molar-refractivity contribution is -0.122. The van der Waals surface area contributed by atoms with Crippen LogP contribution in [0.15, 0.2) is 42.5 Å². The first kappa shape index (κ1) is 19.6. The molecule has 0 unspecified atom stereocenters. The lowest BCUT2D eigenvalue weighted by Gasteiger charge is -2.20. The molecule has 4 rings (SSSR count). The number of carbonyl (C=O) groups is 1. The quantitative estimate of drug-likeness (QED) is 0.611. The first-order valence-electron chi connectivity index (χ1n) is 10.1. The van der Waals surface area contributed by atoms with Crippen LogP contribution in [0.3, 0.4) is 0 Å². The van der Waals surface area contributed by atoms with Crippen LogP contribution in [0.25, 0.3) is 10.6 Å². The van der Waals surface area contributed by atoms with E-state index >= 15 is 0 Å². The van der Waals surface area contributed by atoms with Gasteiger partial charge in [0.15, 0.2) is 6.10 Å². The van der Waals surface area contributed by atoms with Gasteiger partial charge in [-0.3, -0.25) is 10.1 Å². The molecule has 1 amide bonds. The largest absolute Gasteiger partial charge is 0.481 e. The van der Waals surface area contributed by atoms with E-state index in [0.717, 1.165) is 29.2 Å². The Bertz CT molecular complexity index is 998. The van der Waals surface area contributed by atoms with Crippen LogP contribution < -0.4 is 10.1 Å². The van der Waals surface area contributed by atoms with Crippen molar-refractivity contribution in [2.24, 2.45) is 0 Å². The Kier molecular flexibility index (Phi) is 5.90. The zero-order chi connectivity index (χ0) is 20.2. The molecule has 1 aliphatic carbocycles. The van der Waals surface area contributed by atoms with Gasteiger partial charge in [0.05, 0.1) is 0 Å². The fourth-order valence-electron chi connectivity index (χ4n) is 3.54. The first-order chi connectivity index (χ1) is 14.1. The number of nitrogens with zero attached hydrogens (tertiary/aromatic N) is 2. The van der Waals surface area contributed by atoms with Crippen LogP contribution in [0.5, 0.6) is 5.75 Å². The molecular weight excluding hydrogens is 382 g/mol. The Hall–Kier alpha value is -2.73. The average molecular weight is 408 g/mol. The second kappa shape index (κ2) is 8.74. The summed E-state index contributed by atoms with van der Waals surface area (Å²) in [5.41, 5.74) is 4.93. The summed E-state index contributed by atoms with van der Waals surface area (Å²) in [5.74, 6) is 0.557. The Labute approximate surface area is 175 Å². The summed E-state index contributed by atoms with van der Waals surface area (Å²) in [6, 6.07) is 14.3. The molecule has 0 saturated heterocycles. The molecule has 29 heavy (non-hydrogen) atoms. The number of aryl methyl sites for hydroxylation is 3. The van der Waals surface area contributed by atoms with Gasteiger partial charge in [-0.15, -0.1) is 10.2 Å². The van der Waals surface area contributed by atoms with E-state index in [-0.39, 0.29) is 5.91 Å². The zero-order valence-electron chi connectivity index (χ0n) is 16.8. The highest BCUT2D eigenvalue weighted by molar-refractivity contribution is 7.18. The smallest absolute Gasteiger partial charge is 0.267 e. The van der Waals surface area contributed by atoms with Gasteiger partial charge in [-0.2, -0.15) is 0 Å². The highest BCUT2D eigenvalue weighted by Gasteiger charge is 2.21. The molecule has 6 heteroatoms. The first-order valence-corrected chi connectivity index (χ1v) is 10.9. The monoisotopic (exact) mass is 407 g/mol. The van der Waals surface area contributed by atoms with E-state index in [4.69, 9.17) is 4.74 Å². The van der Waals surface area contributed by atoms with Crippen molar-refractivity contribution in [3.8, 4) is 16.3 Å². The number of nitrogens with one attached hydrogen (secondary N) is 1. The third-order valence-corrected chi connectivity index (χ3v) is 6.10. The number of hydrogen-bond donors (Lipinski definition) is 1. The minimum Gasteiger partial charge on any atom is -0.481 e. The molecule has 0 radical (unpaired) electrons. The van der Waals surface area contributed by atoms with E-state index in [9.17, 15) is 4.79 Å². The zero-order valence-corrected chi connectivity index (χ0v) is 17.6. The summed E-state index contributed by atoms with van der Waals surface area (Å²) >= 11 is 1.36. The van der Waals surface area contributed by atoms with E-state index in [1.54, 1.807) is 0 Å². The molecule has 2 aromatic carbocycles. The number of hydrogen-bond acceptors (Lipinski definition) is 5. The minimum absolute atomic E-state index is 0.197. The summed E-state index contributed by atoms with van der Waals surface area (Å²) in [5, 5.41) is 12.4. The maximum absolute atomic E-state index is 12.7. The average Bonchev–Trinajstić information content (AvgIpc) is 3.20. The van der Waals surface area contributed by atoms with Gasteiger partial charge in [0, 0.05) is 5.56 Å². The number of ether oxygens (including phenoxy) is 1. The van der Waals surface area contributed by atoms with Crippen molar-refractivity contribution in [3.05, 3.63) is 59.2 Å². The molecule has 1 aliphatic rings. The van der Waals surface area contributed by atoms with Gasteiger partial charge in [-0.1, -0.05) is 54.2 Å². The van der Waals surface area contributed by atoms with Crippen LogP contribution in [0.1, 0.15) is 42.9 Å². The van der Waals surface area contributed by atoms with Crippen LogP contribution in [0.4, 0.5) is 5.13 Å². The number of carbonyl (C=O) groups excluding carboxylic acids is 1. The van der Waals surface area contributed by atoms with E-state index < -0.39 is 6.10 Å². The van der Waals surface area contributed by atoms with Gasteiger partial charge in [0.1, 0.15) is 10.8 Å². The Morgan fingerprint density at radius 2 is 1.86 bits per heavy atom. The van der Waals surface area contributed by atoms with Crippen molar-refractivity contribution in [2.75, 3.05) is 5.32 Å². The molecule has 0 saturated carbocycles. The number of benzene rings is 2. The minimum atomic E-state index is -0.566. The van der Waals surface area contributed by atoms with Crippen LogP contribution in [-0.2, 0) is 17.6 Å². The third kappa shape index (κ3) is 4.65. The predicted octanol–water partition coefficient (Wildman–Crippen LogP) is 5.19. The molecule has 1 heterocycles. The highest BCUT2D eigenvalue weighted by atomic mass is 32.1. The second-order valence-corrected chi connectivity index (χ2v) is 8.40. The molecule has 1 N–H and O–H groups in total. The van der Waals surface area contributed by atoms with E-state index in [0.29, 0.717) is 11.6 Å². The van der Waals surface area contributed by atoms with Gasteiger partial charge in [0.2, 0.25) is 5.13 Å². The molecule has 3 aromatic rings. The summed E-state index contributed by atoms with van der Waals surface area (Å²) < 4.78 is 6.01. The lowest BCUT2D eigenvalue weighted by atomic mass is 9.92. The number of anilines is 1. The maximum atomic E-state index is 12.7. The second-order valence-electron chi connectivity index (χ2n) is 7.42. The van der Waals surface area contributed by atoms with E-state index in [1.807, 2.05) is 44.2 Å². The Morgan fingerprint density at radius 1 is 1.10 bits per heavy atom. The van der Waals surface area contributed by atoms with Crippen LogP contribution in [0.2, 0.25) is 0 Å². The fraction of sp³-hybridized carbons (Fsp3) is 0.348. The maximum Gasteiger partial charge on any atom is 0.267 e. The molecule has 0 fully saturated rings. The SMILES string of the molecule is CC[C@H](Oc1ccc2c(c1)CCCC2)C(=O)Nc1nnc(-c2ccc(C)cc2)s1. The topological polar surface area (TPSA) is 64.1 Å². The Balaban J connectivity index is 1.42. The standard InChI is InChI=1S/C23H25N3O2S/c1-3-20(28-19-13-12-16-6-4-5-7-18(16)14-19)21(27)24-23-26-25-22(29-23)17-10-8-15(2)9-11-17/h8-14,20H,3-7H2,1-2H3,(H,24,26,27)/t20-/m0/s1. The van der Waals surface area contributed by atoms with Crippen molar-refractivity contribution < 1.29 is 9.53 Å². The summed E-state index contributed by atoms with van der Waals surface area (Å²) in [7, 11) is 0. The van der Waals surface area contributed by atoms with E-state index in [2.05, 4.69) is 27.6 Å². The number of rotatable bonds is 6. The van der Waals surface area contributed by atoms with Gasteiger partial charge >= 0.3 is 0 Å². The molecule has 1 atom stereocenters. The lowest BCUT2D eigenvalue weighted by Crippen LogP contribution is -2.32. The molecule has 150 valence electrons. The summed E-state index contributed by atoms with van der Waals surface area (Å²) in [6.45, 7) is 3.99. The molecule has 0 aliphatic heterocycles. The normalized spacial score (nSPS) is 14.1. The molecule has 0 bridgehead atoms. The number of aromatic nitrogens is 2. The van der Waals surface area contributed by atoms with Crippen LogP contribution in [-0.4, -0.2) is 22.2 Å². The molecule has 5 nitrogen and oxygen atoms in total. The van der Waals surface area contributed by atoms with Gasteiger partial charge in [-0.25, -0.2) is 0 Å².